The van der Waals surface area contributed by atoms with E-state index in [9.17, 15) is 8.22 Å². The summed E-state index contributed by atoms with van der Waals surface area (Å²) in [5.41, 5.74) is 0.910. The number of hydrogen-bond donors (Lipinski definition) is 0. The number of para-hydroxylation sites is 4. The van der Waals surface area contributed by atoms with Crippen LogP contribution in [0.1, 0.15) is 63.4 Å². The van der Waals surface area contributed by atoms with Crippen LogP contribution in [0, 0.1) is 25.3 Å². The number of nitrogens with zero attached hydrogens (tertiary/aromatic N) is 4. The fourth-order valence-electron chi connectivity index (χ4n) is 9.25. The first-order chi connectivity index (χ1) is 44.3. The molecule has 0 unspecified atom stereocenters. The van der Waals surface area contributed by atoms with Crippen molar-refractivity contribution < 1.29 is 61.9 Å². The smallest absolute Gasteiger partial charge is 0.268 e. The number of imidazole rings is 1. The molecule has 0 fully saturated rings. The van der Waals surface area contributed by atoms with Crippen molar-refractivity contribution in [3.05, 3.63) is 260 Å². The average molecular weight is 1150 g/mol. The zero-order valence-corrected chi connectivity index (χ0v) is 41.7. The molecule has 3 heterocycles. The summed E-state index contributed by atoms with van der Waals surface area (Å²) < 4.78 is 219. The predicted octanol–water partition coefficient (Wildman–Crippen LogP) is 12.2. The molecule has 12 rings (SSSR count). The van der Waals surface area contributed by atoms with Crippen molar-refractivity contribution in [1.29, 1.82) is 0 Å². The molecule has 3 aromatic heterocycles. The van der Waals surface area contributed by atoms with Crippen LogP contribution in [0.25, 0.3) is 61.2 Å². The van der Waals surface area contributed by atoms with E-state index in [1.165, 1.54) is 18.3 Å². The van der Waals surface area contributed by atoms with Crippen LogP contribution in [0.4, 0.5) is 0 Å². The van der Waals surface area contributed by atoms with Crippen LogP contribution in [0.5, 0.6) is 11.5 Å². The van der Waals surface area contributed by atoms with Crippen molar-refractivity contribution in [2.24, 2.45) is 0 Å². The molecule has 0 amide bonds. The summed E-state index contributed by atoms with van der Waals surface area (Å²) in [6, 6.07) is 18.9. The van der Waals surface area contributed by atoms with Gasteiger partial charge in [-0.25, -0.2) is 4.98 Å². The minimum atomic E-state index is -5.71. The first-order valence-electron chi connectivity index (χ1n) is 33.8. The van der Waals surface area contributed by atoms with Crippen molar-refractivity contribution in [2.75, 3.05) is 0 Å². The molecule has 0 aliphatic heterocycles. The molecule has 0 bridgehead atoms. The number of rotatable bonds is 10. The zero-order valence-electron chi connectivity index (χ0n) is 61.4. The number of fused-ring (bicyclic) bond motifs is 4. The molecular formula is C65H50N4OPtSi-2. The minimum absolute atomic E-state index is 0. The third-order valence-corrected chi connectivity index (χ3v) is 16.5. The Morgan fingerprint density at radius 1 is 0.625 bits per heavy atom. The van der Waals surface area contributed by atoms with Gasteiger partial charge in [0.05, 0.1) is 44.1 Å². The van der Waals surface area contributed by atoms with Gasteiger partial charge in [0.15, 0.2) is 8.07 Å². The van der Waals surface area contributed by atoms with Crippen LogP contribution in [0.15, 0.2) is 230 Å². The van der Waals surface area contributed by atoms with Gasteiger partial charge in [0.1, 0.15) is 5.82 Å². The van der Waals surface area contributed by atoms with Crippen molar-refractivity contribution in [2.45, 2.75) is 33.0 Å². The largest absolute Gasteiger partial charge is 0.510 e. The molecule has 0 spiro atoms. The summed E-state index contributed by atoms with van der Waals surface area (Å²) in [5.74, 6) is 0.404. The normalized spacial score (nSPS) is 16.5. The molecule has 0 aliphatic rings. The summed E-state index contributed by atoms with van der Waals surface area (Å²) in [4.78, 5) is 4.67. The minimum Gasteiger partial charge on any atom is -0.510 e. The van der Waals surface area contributed by atoms with Gasteiger partial charge in [-0.05, 0) is 72.9 Å². The van der Waals surface area contributed by atoms with Crippen molar-refractivity contribution in [3.8, 4) is 39.8 Å². The Kier molecular flexibility index (Phi) is 7.15. The second-order valence-electron chi connectivity index (χ2n) is 17.5. The number of hydrogen-bond acceptors (Lipinski definition) is 2. The quantitative estimate of drug-likeness (QED) is 0.0592. The van der Waals surface area contributed by atoms with Gasteiger partial charge in [-0.2, -0.15) is 18.2 Å². The molecular weight excluding hydrogens is 1080 g/mol. The molecule has 0 radical (unpaired) electrons. The SMILES string of the molecule is [2H]c1c([2H])c([2H])c(-c2cnc(-n3c4[c-]c(Oc5[c-]c(-n6[c-][n+](-c7c(C(C)(C)C)cccc7[Si](c7c([2H])c([2H])c([2H])c([2H])c7[2H])(c7c([2H])c([2H])c([2H])c([2H])c7[2H])c7c([2H])c([2H])c([2H])c([2H])c7[2H])c7ccccc76)ccc5)ccc4c4ccccc43)cc2C([2H])([2H])[2H])c([2H])c1[2H].[Pt]. The maximum atomic E-state index is 9.80. The van der Waals surface area contributed by atoms with Crippen LogP contribution in [-0.4, -0.2) is 22.2 Å². The molecule has 12 aromatic rings. The Bertz CT molecular complexity index is 4970. The van der Waals surface area contributed by atoms with Gasteiger partial charge >= 0.3 is 0 Å². The maximum Gasteiger partial charge on any atom is 0.268 e. The third-order valence-electron chi connectivity index (χ3n) is 12.3. The number of aromatic nitrogens is 4. The third kappa shape index (κ3) is 8.01. The number of aryl methyl sites for hydroxylation is 1. The first kappa shape index (κ1) is 27.1. The van der Waals surface area contributed by atoms with E-state index < -0.39 is 157 Å². The monoisotopic (exact) mass is 1150 g/mol. The van der Waals surface area contributed by atoms with E-state index in [0.29, 0.717) is 38.7 Å². The summed E-state index contributed by atoms with van der Waals surface area (Å²) in [5, 5.41) is -0.654. The van der Waals surface area contributed by atoms with Gasteiger partial charge in [0.25, 0.3) is 6.33 Å². The number of pyridine rings is 1. The van der Waals surface area contributed by atoms with Gasteiger partial charge in [-0.15, -0.1) is 29.7 Å². The van der Waals surface area contributed by atoms with Gasteiger partial charge in [0.2, 0.25) is 0 Å². The van der Waals surface area contributed by atoms with Gasteiger partial charge in [0, 0.05) is 54.0 Å². The molecule has 352 valence electrons. The molecule has 0 N–H and O–H groups in total. The first-order valence-corrected chi connectivity index (χ1v) is 24.3. The molecule has 0 saturated heterocycles. The molecule has 0 atom stereocenters. The van der Waals surface area contributed by atoms with Gasteiger partial charge in [-0.1, -0.05) is 208 Å². The van der Waals surface area contributed by atoms with Crippen LogP contribution in [-0.2, 0) is 26.5 Å². The zero-order chi connectivity index (χ0) is 68.0. The van der Waals surface area contributed by atoms with E-state index in [0.717, 1.165) is 5.39 Å². The fraction of sp³-hybridized carbons (Fsp3) is 0.0769. The van der Waals surface area contributed by atoms with E-state index in [4.69, 9.17) is 28.0 Å². The standard InChI is InChI=1S/C65H50N4OSi.Pt/c1-46-41-63(66-44-56(46)47-23-9-5-10-24-47)69-58-35-18-17-33-54(58)55-40-39-50(43-61(55)69)70-49-26-21-25-48(42-49)67-45-68(60-37-20-19-36-59(60)67)64-57(65(2,3)4)34-22-38-62(64)71(51-27-11-6-12-28-51,52-29-13-7-14-30-52)53-31-15-8-16-32-53;/h5-41,44H,1-4H3;/q-2;/i1D3,5D,6D,7D,8D,9D,10D,11D,12D,13D,14D,15D,16D,23D,24D,27D,28D,29D,30D,31D,32D;. The molecule has 7 heteroatoms. The van der Waals surface area contributed by atoms with Crippen molar-refractivity contribution >= 4 is 61.7 Å². The summed E-state index contributed by atoms with van der Waals surface area (Å²) >= 11 is 0. The molecule has 9 aromatic carbocycles. The Hall–Kier alpha value is -7.89. The van der Waals surface area contributed by atoms with E-state index in [2.05, 4.69) is 23.4 Å². The van der Waals surface area contributed by atoms with Crippen LogP contribution >= 0.6 is 0 Å². The van der Waals surface area contributed by atoms with E-state index in [-0.39, 0.29) is 65.9 Å². The Morgan fingerprint density at radius 2 is 1.24 bits per heavy atom. The second-order valence-corrected chi connectivity index (χ2v) is 21.0. The Labute approximate surface area is 468 Å². The Morgan fingerprint density at radius 3 is 1.90 bits per heavy atom. The van der Waals surface area contributed by atoms with E-state index in [1.54, 1.807) is 92.6 Å². The fourth-order valence-corrected chi connectivity index (χ4v) is 13.3. The van der Waals surface area contributed by atoms with Crippen molar-refractivity contribution in [1.82, 2.24) is 14.1 Å². The second kappa shape index (κ2) is 19.0. The summed E-state index contributed by atoms with van der Waals surface area (Å²) in [6.45, 7) is 2.71. The van der Waals surface area contributed by atoms with E-state index in [1.807, 2.05) is 32.9 Å². The predicted molar refractivity (Wildman–Crippen MR) is 292 cm³/mol. The number of ether oxygens (including phenoxy) is 1. The van der Waals surface area contributed by atoms with Gasteiger partial charge < -0.3 is 13.9 Å². The summed E-state index contributed by atoms with van der Waals surface area (Å²) in [7, 11) is -5.71. The molecule has 72 heavy (non-hydrogen) atoms. The maximum absolute atomic E-state index is 9.80. The average Bonchev–Trinajstić information content (AvgIpc) is 1.17. The van der Waals surface area contributed by atoms with Crippen LogP contribution in [0.2, 0.25) is 0 Å². The summed E-state index contributed by atoms with van der Waals surface area (Å²) in [6.07, 6.45) is 4.63. The molecule has 0 saturated carbocycles. The van der Waals surface area contributed by atoms with E-state index >= 15 is 0 Å². The van der Waals surface area contributed by atoms with Crippen LogP contribution in [0.3, 0.4) is 0 Å². The molecule has 5 nitrogen and oxygen atoms in total. The van der Waals surface area contributed by atoms with Crippen molar-refractivity contribution in [3.63, 3.8) is 0 Å². The molecule has 0 aliphatic carbocycles. The Balaban J connectivity index is 0.00000919. The topological polar surface area (TPSA) is 35.9 Å². The van der Waals surface area contributed by atoms with Gasteiger partial charge in [-0.3, -0.25) is 4.57 Å². The number of benzene rings is 9. The van der Waals surface area contributed by atoms with Crippen LogP contribution < -0.4 is 30.1 Å².